The number of likely N-dealkylation sites (tertiary alicyclic amines) is 1. The number of halogens is 3. The second kappa shape index (κ2) is 10.2. The quantitative estimate of drug-likeness (QED) is 0.685. The summed E-state index contributed by atoms with van der Waals surface area (Å²) in [4.78, 5) is 4.86. The molecule has 3 fully saturated rings. The average Bonchev–Trinajstić information content (AvgIpc) is 2.75. The molecule has 174 valence electrons. The Morgan fingerprint density at radius 2 is 1.74 bits per heavy atom. The molecule has 1 aromatic rings. The van der Waals surface area contributed by atoms with E-state index in [1.807, 2.05) is 0 Å². The molecule has 1 aliphatic carbocycles. The van der Waals surface area contributed by atoms with Crippen LogP contribution in [-0.2, 0) is 11.3 Å². The summed E-state index contributed by atoms with van der Waals surface area (Å²) < 4.78 is 48.0. The first kappa shape index (κ1) is 23.0. The Bertz CT molecular complexity index is 725. The summed E-state index contributed by atoms with van der Waals surface area (Å²) in [7, 11) is 0. The van der Waals surface area contributed by atoms with Crippen molar-refractivity contribution in [3.05, 3.63) is 23.8 Å². The molecule has 0 radical (unpaired) electrons. The predicted octanol–water partition coefficient (Wildman–Crippen LogP) is 3.80. The van der Waals surface area contributed by atoms with Gasteiger partial charge in [0.25, 0.3) is 5.76 Å². The predicted molar refractivity (Wildman–Crippen MR) is 114 cm³/mol. The SMILES string of the molecule is FC(F)SN1CCN(c2ccc3c(c2)COC2(CCN(C4CCC4)CC2)O3)CC1.OF. The fourth-order valence-corrected chi connectivity index (χ4v) is 5.41. The van der Waals surface area contributed by atoms with Gasteiger partial charge < -0.3 is 14.4 Å². The van der Waals surface area contributed by atoms with Crippen LogP contribution < -0.4 is 9.64 Å². The van der Waals surface area contributed by atoms with Gasteiger partial charge in [0.05, 0.1) is 6.61 Å². The molecule has 2 saturated heterocycles. The highest BCUT2D eigenvalue weighted by molar-refractivity contribution is 7.97. The van der Waals surface area contributed by atoms with E-state index in [1.165, 1.54) is 19.3 Å². The molecule has 3 aliphatic heterocycles. The number of alkyl halides is 2. The van der Waals surface area contributed by atoms with Gasteiger partial charge >= 0.3 is 0 Å². The lowest BCUT2D eigenvalue weighted by Gasteiger charge is -2.47. The zero-order chi connectivity index (χ0) is 21.8. The van der Waals surface area contributed by atoms with Crippen molar-refractivity contribution in [3.63, 3.8) is 0 Å². The lowest BCUT2D eigenvalue weighted by molar-refractivity contribution is -0.231. The van der Waals surface area contributed by atoms with E-state index >= 15 is 0 Å². The molecular weight excluding hydrogens is 431 g/mol. The molecule has 0 bridgehead atoms. The second-order valence-corrected chi connectivity index (χ2v) is 9.58. The molecule has 0 unspecified atom stereocenters. The van der Waals surface area contributed by atoms with Crippen molar-refractivity contribution in [2.24, 2.45) is 0 Å². The number of anilines is 1. The van der Waals surface area contributed by atoms with E-state index < -0.39 is 11.5 Å². The minimum Gasteiger partial charge on any atom is -0.462 e. The van der Waals surface area contributed by atoms with E-state index in [0.29, 0.717) is 31.6 Å². The maximum atomic E-state index is 12.5. The summed E-state index contributed by atoms with van der Waals surface area (Å²) in [6, 6.07) is 7.08. The molecule has 1 aromatic carbocycles. The van der Waals surface area contributed by atoms with Gasteiger partial charge in [0.1, 0.15) is 5.75 Å². The van der Waals surface area contributed by atoms with Gasteiger partial charge in [0.15, 0.2) is 0 Å². The molecule has 3 heterocycles. The van der Waals surface area contributed by atoms with Crippen LogP contribution in [0.3, 0.4) is 0 Å². The smallest absolute Gasteiger partial charge is 0.298 e. The normalized spacial score (nSPS) is 24.2. The number of piperidine rings is 1. The summed E-state index contributed by atoms with van der Waals surface area (Å²) in [5.74, 6) is -1.87. The highest BCUT2D eigenvalue weighted by Gasteiger charge is 2.42. The van der Waals surface area contributed by atoms with Crippen LogP contribution in [-0.4, -0.2) is 71.4 Å². The molecule has 1 saturated carbocycles. The van der Waals surface area contributed by atoms with Crippen molar-refractivity contribution in [1.29, 1.82) is 0 Å². The number of hydrogen-bond acceptors (Lipinski definition) is 7. The molecule has 1 spiro atoms. The van der Waals surface area contributed by atoms with Gasteiger partial charge in [-0.1, -0.05) is 10.9 Å². The van der Waals surface area contributed by atoms with E-state index in [1.54, 1.807) is 4.31 Å². The van der Waals surface area contributed by atoms with Gasteiger partial charge in [0, 0.05) is 69.4 Å². The van der Waals surface area contributed by atoms with E-state index in [-0.39, 0.29) is 0 Å². The molecule has 4 aliphatic rings. The van der Waals surface area contributed by atoms with Gasteiger partial charge in [-0.25, -0.2) is 9.62 Å². The van der Waals surface area contributed by atoms with Gasteiger partial charge in [-0.3, -0.25) is 4.90 Å². The Kier molecular flexibility index (Phi) is 7.53. The Labute approximate surface area is 185 Å². The molecule has 5 rings (SSSR count). The molecule has 1 N–H and O–H groups in total. The molecule has 10 heteroatoms. The van der Waals surface area contributed by atoms with Crippen molar-refractivity contribution in [2.45, 2.75) is 56.3 Å². The largest absolute Gasteiger partial charge is 0.462 e. The van der Waals surface area contributed by atoms with Crippen LogP contribution in [0.25, 0.3) is 0 Å². The summed E-state index contributed by atoms with van der Waals surface area (Å²) in [6.45, 7) is 5.47. The van der Waals surface area contributed by atoms with E-state index in [9.17, 15) is 8.78 Å². The number of piperazine rings is 1. The number of rotatable bonds is 4. The van der Waals surface area contributed by atoms with E-state index in [2.05, 4.69) is 28.0 Å². The second-order valence-electron chi connectivity index (χ2n) is 8.50. The number of hydrogen-bond donors (Lipinski definition) is 1. The van der Waals surface area contributed by atoms with Crippen molar-refractivity contribution in [2.75, 3.05) is 44.2 Å². The van der Waals surface area contributed by atoms with Crippen LogP contribution in [0, 0.1) is 0 Å². The zero-order valence-corrected chi connectivity index (χ0v) is 18.3. The van der Waals surface area contributed by atoms with Crippen LogP contribution in [0.15, 0.2) is 18.2 Å². The lowest BCUT2D eigenvalue weighted by Crippen LogP contribution is -2.54. The number of ether oxygens (including phenoxy) is 2. The third-order valence-corrected chi connectivity index (χ3v) is 7.64. The average molecular weight is 462 g/mol. The highest BCUT2D eigenvalue weighted by atomic mass is 32.2. The monoisotopic (exact) mass is 461 g/mol. The molecule has 0 amide bonds. The van der Waals surface area contributed by atoms with Crippen LogP contribution in [0.5, 0.6) is 5.75 Å². The first-order chi connectivity index (χ1) is 15.1. The van der Waals surface area contributed by atoms with Crippen molar-refractivity contribution < 1.29 is 28.1 Å². The van der Waals surface area contributed by atoms with E-state index in [0.717, 1.165) is 62.1 Å². The lowest BCUT2D eigenvalue weighted by atomic mass is 9.89. The first-order valence-electron chi connectivity index (χ1n) is 10.9. The van der Waals surface area contributed by atoms with Gasteiger partial charge in [-0.2, -0.15) is 8.78 Å². The molecular formula is C21H30F3N3O3S. The van der Waals surface area contributed by atoms with Crippen LogP contribution in [0.1, 0.15) is 37.7 Å². The standard InChI is InChI=1S/C21H29F2N3O2S.FHO/c22-20(23)29-26-12-10-25(11-13-26)18-4-5-19-16(14-18)15-27-21(28-19)6-8-24(9-7-21)17-2-1-3-17;1-2/h4-5,14,17,20H,1-3,6-13,15H2;2H. The van der Waals surface area contributed by atoms with E-state index in [4.69, 9.17) is 19.3 Å². The fraction of sp³-hybridized carbons (Fsp3) is 0.714. The van der Waals surface area contributed by atoms with Crippen LogP contribution >= 0.6 is 11.9 Å². The third-order valence-electron chi connectivity index (χ3n) is 6.81. The summed E-state index contributed by atoms with van der Waals surface area (Å²) in [5.41, 5.74) is 2.20. The topological polar surface area (TPSA) is 48.4 Å². The summed E-state index contributed by atoms with van der Waals surface area (Å²) in [6.07, 6.45) is 5.91. The fourth-order valence-electron chi connectivity index (χ4n) is 4.81. The number of benzene rings is 1. The van der Waals surface area contributed by atoms with Crippen molar-refractivity contribution >= 4 is 17.6 Å². The van der Waals surface area contributed by atoms with Gasteiger partial charge in [-0.15, -0.1) is 0 Å². The Morgan fingerprint density at radius 3 is 2.35 bits per heavy atom. The highest BCUT2D eigenvalue weighted by Crippen LogP contribution is 2.40. The minimum atomic E-state index is -2.34. The Morgan fingerprint density at radius 1 is 1.03 bits per heavy atom. The van der Waals surface area contributed by atoms with Crippen LogP contribution in [0.4, 0.5) is 19.0 Å². The third kappa shape index (κ3) is 5.24. The molecule has 0 aromatic heterocycles. The number of nitrogens with zero attached hydrogens (tertiary/aromatic N) is 3. The van der Waals surface area contributed by atoms with Crippen molar-refractivity contribution in [1.82, 2.24) is 9.21 Å². The Balaban J connectivity index is 0.00000112. The summed E-state index contributed by atoms with van der Waals surface area (Å²) in [5, 5.41) is 5.50. The van der Waals surface area contributed by atoms with Crippen LogP contribution in [0.2, 0.25) is 0 Å². The van der Waals surface area contributed by atoms with Gasteiger partial charge in [-0.05, 0) is 43.0 Å². The maximum absolute atomic E-state index is 12.5. The molecule has 6 nitrogen and oxygen atoms in total. The first-order valence-corrected chi connectivity index (χ1v) is 11.8. The maximum Gasteiger partial charge on any atom is 0.298 e. The summed E-state index contributed by atoms with van der Waals surface area (Å²) >= 11 is 0.645. The number of fused-ring (bicyclic) bond motifs is 1. The Hall–Kier alpha value is -1.20. The van der Waals surface area contributed by atoms with Gasteiger partial charge in [0.2, 0.25) is 5.79 Å². The zero-order valence-electron chi connectivity index (χ0n) is 17.5. The minimum absolute atomic E-state index is 0.465. The van der Waals surface area contributed by atoms with Crippen molar-refractivity contribution in [3.8, 4) is 5.75 Å². The molecule has 31 heavy (non-hydrogen) atoms. The molecule has 0 atom stereocenters.